The maximum absolute atomic E-state index is 10.9. The zero-order chi connectivity index (χ0) is 15.6. The predicted molar refractivity (Wildman–Crippen MR) is 87.2 cm³/mol. The van der Waals surface area contributed by atoms with Crippen LogP contribution in [-0.2, 0) is 12.0 Å². The Hall–Kier alpha value is -1.51. The Morgan fingerprint density at radius 1 is 1.10 bits per heavy atom. The Morgan fingerprint density at radius 3 is 2.29 bits per heavy atom. The van der Waals surface area contributed by atoms with E-state index in [1.807, 2.05) is 57.2 Å². The summed E-state index contributed by atoms with van der Waals surface area (Å²) in [6.07, 6.45) is 0.538. The van der Waals surface area contributed by atoms with E-state index >= 15 is 0 Å². The molecule has 0 heterocycles. The molecule has 2 aromatic carbocycles. The normalized spacial score (nSPS) is 13.8. The summed E-state index contributed by atoms with van der Waals surface area (Å²) >= 11 is 5.90. The predicted octanol–water partition coefficient (Wildman–Crippen LogP) is 4.42. The van der Waals surface area contributed by atoms with Gasteiger partial charge in [-0.05, 0) is 67.3 Å². The molecule has 1 unspecified atom stereocenters. The van der Waals surface area contributed by atoms with Crippen molar-refractivity contribution in [2.24, 2.45) is 0 Å². The number of hydrogen-bond acceptors (Lipinski definition) is 2. The van der Waals surface area contributed by atoms with E-state index in [9.17, 15) is 5.11 Å². The van der Waals surface area contributed by atoms with Gasteiger partial charge in [-0.1, -0.05) is 23.7 Å². The van der Waals surface area contributed by atoms with Gasteiger partial charge in [0.2, 0.25) is 0 Å². The molecule has 21 heavy (non-hydrogen) atoms. The van der Waals surface area contributed by atoms with Crippen molar-refractivity contribution in [3.05, 3.63) is 63.7 Å². The van der Waals surface area contributed by atoms with Crippen molar-refractivity contribution in [1.29, 1.82) is 0 Å². The van der Waals surface area contributed by atoms with Crippen LogP contribution in [0.25, 0.3) is 0 Å². The van der Waals surface area contributed by atoms with Gasteiger partial charge in [-0.3, -0.25) is 0 Å². The third kappa shape index (κ3) is 3.58. The van der Waals surface area contributed by atoms with E-state index in [-0.39, 0.29) is 0 Å². The zero-order valence-corrected chi connectivity index (χ0v) is 13.7. The minimum Gasteiger partial charge on any atom is -0.496 e. The largest absolute Gasteiger partial charge is 0.496 e. The SMILES string of the molecule is COc1cc(C)c(C(C)(O)Cc2ccc(Cl)cc2)cc1C. The number of benzene rings is 2. The molecule has 0 amide bonds. The molecule has 0 bridgehead atoms. The van der Waals surface area contributed by atoms with Gasteiger partial charge in [-0.15, -0.1) is 0 Å². The molecule has 0 fully saturated rings. The van der Waals surface area contributed by atoms with Gasteiger partial charge in [0.25, 0.3) is 0 Å². The van der Waals surface area contributed by atoms with Gasteiger partial charge in [-0.25, -0.2) is 0 Å². The van der Waals surface area contributed by atoms with E-state index in [1.54, 1.807) is 7.11 Å². The lowest BCUT2D eigenvalue weighted by atomic mass is 9.85. The Balaban J connectivity index is 2.34. The first kappa shape index (κ1) is 15.9. The van der Waals surface area contributed by atoms with Crippen LogP contribution in [0, 0.1) is 13.8 Å². The summed E-state index contributed by atoms with van der Waals surface area (Å²) in [7, 11) is 1.66. The van der Waals surface area contributed by atoms with Crippen molar-refractivity contribution in [3.63, 3.8) is 0 Å². The van der Waals surface area contributed by atoms with Gasteiger partial charge in [0, 0.05) is 11.4 Å². The third-order valence-corrected chi connectivity index (χ3v) is 4.04. The molecular weight excluding hydrogens is 284 g/mol. The second-order valence-electron chi connectivity index (χ2n) is 5.71. The van der Waals surface area contributed by atoms with E-state index < -0.39 is 5.60 Å². The first-order valence-corrected chi connectivity index (χ1v) is 7.34. The molecule has 0 saturated carbocycles. The van der Waals surface area contributed by atoms with Crippen LogP contribution in [0.15, 0.2) is 36.4 Å². The molecule has 1 atom stereocenters. The van der Waals surface area contributed by atoms with Crippen molar-refractivity contribution in [2.75, 3.05) is 7.11 Å². The van der Waals surface area contributed by atoms with Crippen molar-refractivity contribution in [1.82, 2.24) is 0 Å². The lowest BCUT2D eigenvalue weighted by molar-refractivity contribution is 0.0568. The summed E-state index contributed by atoms with van der Waals surface area (Å²) < 4.78 is 5.33. The highest BCUT2D eigenvalue weighted by Gasteiger charge is 2.26. The number of ether oxygens (including phenoxy) is 1. The molecule has 0 radical (unpaired) electrons. The molecule has 112 valence electrons. The van der Waals surface area contributed by atoms with Gasteiger partial charge in [-0.2, -0.15) is 0 Å². The molecule has 0 spiro atoms. The fraction of sp³-hybridized carbons (Fsp3) is 0.333. The average Bonchev–Trinajstić information content (AvgIpc) is 2.43. The van der Waals surface area contributed by atoms with E-state index in [1.165, 1.54) is 0 Å². The van der Waals surface area contributed by atoms with Crippen molar-refractivity contribution < 1.29 is 9.84 Å². The van der Waals surface area contributed by atoms with Crippen LogP contribution in [0.1, 0.15) is 29.2 Å². The fourth-order valence-electron chi connectivity index (χ4n) is 2.68. The number of aliphatic hydroxyl groups is 1. The second kappa shape index (κ2) is 6.08. The molecule has 0 aromatic heterocycles. The third-order valence-electron chi connectivity index (χ3n) is 3.78. The average molecular weight is 305 g/mol. The Kier molecular flexibility index (Phi) is 4.60. The zero-order valence-electron chi connectivity index (χ0n) is 12.9. The highest BCUT2D eigenvalue weighted by atomic mass is 35.5. The summed E-state index contributed by atoms with van der Waals surface area (Å²) in [5.74, 6) is 0.846. The standard InChI is InChI=1S/C18H21ClO2/c1-12-10-17(21-4)13(2)9-16(12)18(3,20)11-14-5-7-15(19)8-6-14/h5-10,20H,11H2,1-4H3. The molecule has 0 aliphatic heterocycles. The van der Waals surface area contributed by atoms with E-state index in [0.29, 0.717) is 11.4 Å². The number of rotatable bonds is 4. The highest BCUT2D eigenvalue weighted by Crippen LogP contribution is 2.32. The minimum atomic E-state index is -0.936. The second-order valence-corrected chi connectivity index (χ2v) is 6.15. The van der Waals surface area contributed by atoms with E-state index in [0.717, 1.165) is 28.0 Å². The molecule has 1 N–H and O–H groups in total. The summed E-state index contributed by atoms with van der Waals surface area (Å²) in [6.45, 7) is 5.82. The quantitative estimate of drug-likeness (QED) is 0.906. The summed E-state index contributed by atoms with van der Waals surface area (Å²) in [4.78, 5) is 0. The Labute approximate surface area is 131 Å². The molecule has 2 rings (SSSR count). The van der Waals surface area contributed by atoms with Crippen LogP contribution in [0.4, 0.5) is 0 Å². The van der Waals surface area contributed by atoms with Crippen molar-refractivity contribution in [2.45, 2.75) is 32.8 Å². The monoisotopic (exact) mass is 304 g/mol. The molecular formula is C18H21ClO2. The maximum atomic E-state index is 10.9. The minimum absolute atomic E-state index is 0.538. The van der Waals surface area contributed by atoms with Gasteiger partial charge >= 0.3 is 0 Å². The van der Waals surface area contributed by atoms with Crippen molar-refractivity contribution >= 4 is 11.6 Å². The van der Waals surface area contributed by atoms with Crippen LogP contribution in [-0.4, -0.2) is 12.2 Å². The maximum Gasteiger partial charge on any atom is 0.122 e. The van der Waals surface area contributed by atoms with E-state index in [4.69, 9.17) is 16.3 Å². The summed E-state index contributed by atoms with van der Waals surface area (Å²) in [6, 6.07) is 11.6. The fourth-order valence-corrected chi connectivity index (χ4v) is 2.81. The molecule has 0 aliphatic rings. The number of methoxy groups -OCH3 is 1. The molecule has 0 aliphatic carbocycles. The summed E-state index contributed by atoms with van der Waals surface area (Å²) in [5.41, 5.74) is 3.09. The first-order valence-electron chi connectivity index (χ1n) is 6.96. The molecule has 2 nitrogen and oxygen atoms in total. The van der Waals surface area contributed by atoms with Gasteiger partial charge in [0.1, 0.15) is 5.75 Å². The van der Waals surface area contributed by atoms with Crippen LogP contribution < -0.4 is 4.74 Å². The Bertz CT molecular complexity index is 630. The topological polar surface area (TPSA) is 29.5 Å². The number of halogens is 1. The van der Waals surface area contributed by atoms with Crippen molar-refractivity contribution in [3.8, 4) is 5.75 Å². The lowest BCUT2D eigenvalue weighted by Gasteiger charge is -2.27. The van der Waals surface area contributed by atoms with E-state index in [2.05, 4.69) is 0 Å². The van der Waals surface area contributed by atoms with Crippen LogP contribution >= 0.6 is 11.6 Å². The Morgan fingerprint density at radius 2 is 1.71 bits per heavy atom. The lowest BCUT2D eigenvalue weighted by Crippen LogP contribution is -2.25. The van der Waals surface area contributed by atoms with Crippen LogP contribution in [0.5, 0.6) is 5.75 Å². The first-order chi connectivity index (χ1) is 9.83. The number of aryl methyl sites for hydroxylation is 2. The van der Waals surface area contributed by atoms with Gasteiger partial charge < -0.3 is 9.84 Å². The molecule has 0 saturated heterocycles. The summed E-state index contributed by atoms with van der Waals surface area (Å²) in [5, 5.41) is 11.6. The number of hydrogen-bond donors (Lipinski definition) is 1. The van der Waals surface area contributed by atoms with Crippen LogP contribution in [0.3, 0.4) is 0 Å². The van der Waals surface area contributed by atoms with Crippen LogP contribution in [0.2, 0.25) is 5.02 Å². The molecule has 2 aromatic rings. The van der Waals surface area contributed by atoms with Gasteiger partial charge in [0.15, 0.2) is 0 Å². The highest BCUT2D eigenvalue weighted by molar-refractivity contribution is 6.30. The van der Waals surface area contributed by atoms with Gasteiger partial charge in [0.05, 0.1) is 12.7 Å². The molecule has 3 heteroatoms. The smallest absolute Gasteiger partial charge is 0.122 e.